The molecule has 0 rings (SSSR count). The van der Waals surface area contributed by atoms with E-state index in [4.69, 9.17) is 0 Å². The Balaban J connectivity index is 4.48. The molecule has 0 aromatic carbocycles. The lowest BCUT2D eigenvalue weighted by Gasteiger charge is -2.26. The summed E-state index contributed by atoms with van der Waals surface area (Å²) in [6.07, 6.45) is 5.49. The molecule has 0 bridgehead atoms. The van der Waals surface area contributed by atoms with Gasteiger partial charge in [-0.3, -0.25) is 9.36 Å². The normalized spacial score (nSPS) is 14.6. The van der Waals surface area contributed by atoms with Crippen LogP contribution in [0.4, 0.5) is 0 Å². The average molecular weight is 278 g/mol. The van der Waals surface area contributed by atoms with E-state index in [9.17, 15) is 19.1 Å². The van der Waals surface area contributed by atoms with Crippen LogP contribution in [0.5, 0.6) is 0 Å². The summed E-state index contributed by atoms with van der Waals surface area (Å²) in [6.45, 7) is 6.83. The van der Waals surface area contributed by atoms with Crippen molar-refractivity contribution in [1.29, 1.82) is 0 Å². The molecule has 0 saturated carbocycles. The van der Waals surface area contributed by atoms with E-state index in [2.05, 4.69) is 6.92 Å². The summed E-state index contributed by atoms with van der Waals surface area (Å²) in [7, 11) is -4.37. The molecule has 1 unspecified atom stereocenters. The molecule has 0 fully saturated rings. The van der Waals surface area contributed by atoms with Crippen LogP contribution in [0.3, 0.4) is 0 Å². The van der Waals surface area contributed by atoms with Crippen LogP contribution >= 0.6 is 7.60 Å². The quantitative estimate of drug-likeness (QED) is 0.500. The number of ketones is 1. The number of hydrogen-bond acceptors (Lipinski definition) is 2. The van der Waals surface area contributed by atoms with Gasteiger partial charge in [-0.25, -0.2) is 0 Å². The molecule has 1 atom stereocenters. The van der Waals surface area contributed by atoms with Crippen molar-refractivity contribution in [2.24, 2.45) is 5.92 Å². The van der Waals surface area contributed by atoms with Gasteiger partial charge in [-0.1, -0.05) is 46.0 Å². The summed E-state index contributed by atoms with van der Waals surface area (Å²) in [5, 5.41) is -1.55. The molecule has 108 valence electrons. The molecular formula is C13H27O4P. The first kappa shape index (κ1) is 17.8. The Kier molecular flexibility index (Phi) is 7.34. The molecule has 0 aromatic heterocycles. The van der Waals surface area contributed by atoms with E-state index < -0.39 is 12.8 Å². The minimum atomic E-state index is -4.37. The molecule has 0 aliphatic rings. The van der Waals surface area contributed by atoms with Crippen LogP contribution in [0, 0.1) is 5.92 Å². The van der Waals surface area contributed by atoms with E-state index in [1.807, 2.05) is 6.92 Å². The summed E-state index contributed by atoms with van der Waals surface area (Å²) in [5.74, 6) is -0.0749. The van der Waals surface area contributed by atoms with Crippen molar-refractivity contribution in [3.8, 4) is 0 Å². The van der Waals surface area contributed by atoms with Crippen LogP contribution in [0.15, 0.2) is 0 Å². The van der Waals surface area contributed by atoms with E-state index in [0.717, 1.165) is 32.1 Å². The van der Waals surface area contributed by atoms with Crippen molar-refractivity contribution in [2.45, 2.75) is 71.4 Å². The Morgan fingerprint density at radius 1 is 1.22 bits per heavy atom. The van der Waals surface area contributed by atoms with E-state index in [1.54, 1.807) is 0 Å². The van der Waals surface area contributed by atoms with Gasteiger partial charge in [0.1, 0.15) is 5.16 Å². The van der Waals surface area contributed by atoms with Gasteiger partial charge in [-0.2, -0.15) is 0 Å². The van der Waals surface area contributed by atoms with Crippen molar-refractivity contribution < 1.29 is 19.1 Å². The van der Waals surface area contributed by atoms with Crippen LogP contribution in [0.2, 0.25) is 0 Å². The molecule has 0 saturated heterocycles. The van der Waals surface area contributed by atoms with Crippen LogP contribution in [0.1, 0.15) is 66.2 Å². The lowest BCUT2D eigenvalue weighted by atomic mass is 9.90. The molecule has 0 aromatic rings. The zero-order valence-electron chi connectivity index (χ0n) is 12.0. The van der Waals surface area contributed by atoms with E-state index in [-0.39, 0.29) is 18.1 Å². The van der Waals surface area contributed by atoms with Crippen molar-refractivity contribution in [3.63, 3.8) is 0 Å². The second-order valence-corrected chi connectivity index (χ2v) is 7.71. The zero-order chi connectivity index (χ0) is 14.4. The third kappa shape index (κ3) is 5.21. The van der Waals surface area contributed by atoms with Crippen molar-refractivity contribution in [1.82, 2.24) is 0 Å². The van der Waals surface area contributed by atoms with Crippen LogP contribution < -0.4 is 0 Å². The molecule has 5 heteroatoms. The number of rotatable bonds is 9. The van der Waals surface area contributed by atoms with Gasteiger partial charge in [0.05, 0.1) is 0 Å². The molecule has 2 N–H and O–H groups in total. The van der Waals surface area contributed by atoms with Gasteiger partial charge in [0, 0.05) is 6.42 Å². The largest absolute Gasteiger partial charge is 0.338 e. The number of carbonyl (C=O) groups is 1. The van der Waals surface area contributed by atoms with Crippen molar-refractivity contribution in [3.05, 3.63) is 0 Å². The van der Waals surface area contributed by atoms with Crippen molar-refractivity contribution >= 4 is 13.4 Å². The minimum Gasteiger partial charge on any atom is -0.324 e. The Hall–Kier alpha value is -0.180. The Morgan fingerprint density at radius 2 is 1.78 bits per heavy atom. The molecule has 0 spiro atoms. The predicted molar refractivity (Wildman–Crippen MR) is 73.7 cm³/mol. The second-order valence-electron chi connectivity index (χ2n) is 5.50. The first-order valence-corrected chi connectivity index (χ1v) is 8.37. The molecule has 4 nitrogen and oxygen atoms in total. The fourth-order valence-electron chi connectivity index (χ4n) is 1.81. The van der Waals surface area contributed by atoms with Gasteiger partial charge in [-0.15, -0.1) is 0 Å². The molecule has 0 heterocycles. The third-order valence-electron chi connectivity index (χ3n) is 3.68. The highest BCUT2D eigenvalue weighted by molar-refractivity contribution is 7.54. The maximum atomic E-state index is 12.0. The summed E-state index contributed by atoms with van der Waals surface area (Å²) in [6, 6.07) is 0. The Bertz CT molecular complexity index is 306. The Labute approximate surface area is 110 Å². The predicted octanol–water partition coefficient (Wildman–Crippen LogP) is 3.51. The molecule has 18 heavy (non-hydrogen) atoms. The average Bonchev–Trinajstić information content (AvgIpc) is 2.26. The van der Waals surface area contributed by atoms with Gasteiger partial charge < -0.3 is 9.79 Å². The van der Waals surface area contributed by atoms with Crippen LogP contribution in [0.25, 0.3) is 0 Å². The number of unbranched alkanes of at least 4 members (excludes halogenated alkanes) is 2. The number of Topliss-reactive ketones (excluding diaryl/α,β-unsaturated/α-hetero) is 1. The van der Waals surface area contributed by atoms with E-state index >= 15 is 0 Å². The maximum Gasteiger partial charge on any atom is 0.338 e. The topological polar surface area (TPSA) is 74.6 Å². The highest BCUT2D eigenvalue weighted by Gasteiger charge is 2.44. The van der Waals surface area contributed by atoms with E-state index in [0.29, 0.717) is 0 Å². The smallest absolute Gasteiger partial charge is 0.324 e. The highest BCUT2D eigenvalue weighted by atomic mass is 31.2. The first-order valence-electron chi connectivity index (χ1n) is 6.75. The third-order valence-corrected chi connectivity index (χ3v) is 5.38. The van der Waals surface area contributed by atoms with Crippen LogP contribution in [-0.2, 0) is 9.36 Å². The van der Waals surface area contributed by atoms with E-state index in [1.165, 1.54) is 13.8 Å². The van der Waals surface area contributed by atoms with Gasteiger partial charge >= 0.3 is 7.60 Å². The summed E-state index contributed by atoms with van der Waals surface area (Å²) >= 11 is 0. The summed E-state index contributed by atoms with van der Waals surface area (Å²) < 4.78 is 11.3. The van der Waals surface area contributed by atoms with Gasteiger partial charge in [0.15, 0.2) is 5.78 Å². The number of carbonyl (C=O) groups excluding carboxylic acids is 1. The zero-order valence-corrected chi connectivity index (χ0v) is 12.9. The molecule has 0 radical (unpaired) electrons. The monoisotopic (exact) mass is 278 g/mol. The summed E-state index contributed by atoms with van der Waals surface area (Å²) in [5.41, 5.74) is 0. The fraction of sp³-hybridized carbons (Fsp3) is 0.923. The van der Waals surface area contributed by atoms with Gasteiger partial charge in [-0.05, 0) is 19.8 Å². The van der Waals surface area contributed by atoms with Gasteiger partial charge in [0.2, 0.25) is 0 Å². The van der Waals surface area contributed by atoms with Crippen LogP contribution in [-0.4, -0.2) is 20.7 Å². The molecule has 0 amide bonds. The lowest BCUT2D eigenvalue weighted by molar-refractivity contribution is -0.122. The SMILES string of the molecule is CCCCCC(CC)CC(=O)C(C)(C)P(=O)(O)O. The number of hydrogen-bond donors (Lipinski definition) is 2. The molecule has 0 aliphatic heterocycles. The summed E-state index contributed by atoms with van der Waals surface area (Å²) in [4.78, 5) is 30.4. The highest BCUT2D eigenvalue weighted by Crippen LogP contribution is 2.51. The Morgan fingerprint density at radius 3 is 2.17 bits per heavy atom. The molecular weight excluding hydrogens is 251 g/mol. The first-order chi connectivity index (χ1) is 8.16. The lowest BCUT2D eigenvalue weighted by Crippen LogP contribution is -2.33. The standard InChI is InChI=1S/C13H27O4P/c1-5-7-8-9-11(6-2)10-12(14)13(3,4)18(15,16)17/h11H,5-10H2,1-4H3,(H2,15,16,17). The van der Waals surface area contributed by atoms with Crippen molar-refractivity contribution in [2.75, 3.05) is 0 Å². The minimum absolute atomic E-state index is 0.245. The second kappa shape index (κ2) is 7.42. The van der Waals surface area contributed by atoms with Gasteiger partial charge in [0.25, 0.3) is 0 Å². The maximum absolute atomic E-state index is 12.0. The fourth-order valence-corrected chi connectivity index (χ4v) is 2.22. The molecule has 0 aliphatic carbocycles.